The molecule has 29 heavy (non-hydrogen) atoms. The van der Waals surface area contributed by atoms with Crippen LogP contribution in [0.25, 0.3) is 17.0 Å². The highest BCUT2D eigenvalue weighted by Crippen LogP contribution is 2.32. The zero-order chi connectivity index (χ0) is 20.4. The van der Waals surface area contributed by atoms with Gasteiger partial charge in [-0.15, -0.1) is 0 Å². The molecule has 0 atom stereocenters. The normalized spacial score (nSPS) is 10.7. The van der Waals surface area contributed by atoms with Crippen LogP contribution in [0.15, 0.2) is 61.1 Å². The third-order valence-corrected chi connectivity index (χ3v) is 4.66. The molecule has 2 aromatic carbocycles. The molecule has 0 aliphatic carbocycles. The Bertz CT molecular complexity index is 1170. The molecule has 0 spiro atoms. The van der Waals surface area contributed by atoms with E-state index in [1.165, 1.54) is 14.2 Å². The first kappa shape index (κ1) is 18.5. The lowest BCUT2D eigenvalue weighted by Crippen LogP contribution is -2.14. The number of imidazole rings is 1. The van der Waals surface area contributed by atoms with Crippen LogP contribution in [0, 0.1) is 6.92 Å². The van der Waals surface area contributed by atoms with Crippen molar-refractivity contribution in [3.05, 3.63) is 72.2 Å². The summed E-state index contributed by atoms with van der Waals surface area (Å²) in [6, 6.07) is 12.9. The standard InChI is InChI=1S/C22H20N4O3/c1-14-8-9-15(18-13-26-11-5-10-23-22(26)25-18)12-17(14)24-21(27)16-6-4-7-19(28-2)20(16)29-3/h4-13H,1-3H3,(H,24,27). The van der Waals surface area contributed by atoms with Crippen LogP contribution < -0.4 is 14.8 Å². The molecule has 0 bridgehead atoms. The minimum atomic E-state index is -0.280. The van der Waals surface area contributed by atoms with E-state index in [1.54, 1.807) is 24.4 Å². The molecule has 0 radical (unpaired) electrons. The van der Waals surface area contributed by atoms with E-state index in [4.69, 9.17) is 9.47 Å². The number of aromatic nitrogens is 3. The van der Waals surface area contributed by atoms with E-state index in [1.807, 2.05) is 48.0 Å². The van der Waals surface area contributed by atoms with Gasteiger partial charge in [-0.05, 0) is 36.8 Å². The predicted octanol–water partition coefficient (Wildman–Crippen LogP) is 3.97. The molecule has 0 fully saturated rings. The van der Waals surface area contributed by atoms with E-state index in [9.17, 15) is 4.79 Å². The summed E-state index contributed by atoms with van der Waals surface area (Å²) in [7, 11) is 3.05. The summed E-state index contributed by atoms with van der Waals surface area (Å²) in [6.45, 7) is 1.94. The van der Waals surface area contributed by atoms with Gasteiger partial charge in [0.1, 0.15) is 0 Å². The molecule has 0 saturated carbocycles. The number of amides is 1. The Morgan fingerprint density at radius 3 is 2.72 bits per heavy atom. The van der Waals surface area contributed by atoms with Crippen LogP contribution >= 0.6 is 0 Å². The average molecular weight is 388 g/mol. The van der Waals surface area contributed by atoms with Crippen LogP contribution in [0.2, 0.25) is 0 Å². The molecule has 0 aliphatic rings. The highest BCUT2D eigenvalue weighted by atomic mass is 16.5. The van der Waals surface area contributed by atoms with Crippen molar-refractivity contribution in [1.29, 1.82) is 0 Å². The summed E-state index contributed by atoms with van der Waals surface area (Å²) in [5.41, 5.74) is 3.69. The number of ether oxygens (including phenoxy) is 2. The molecule has 146 valence electrons. The van der Waals surface area contributed by atoms with Gasteiger partial charge in [-0.3, -0.25) is 9.20 Å². The zero-order valence-electron chi connectivity index (χ0n) is 16.3. The minimum Gasteiger partial charge on any atom is -0.493 e. The molecule has 1 amide bonds. The van der Waals surface area contributed by atoms with E-state index in [-0.39, 0.29) is 5.91 Å². The van der Waals surface area contributed by atoms with Gasteiger partial charge in [0.15, 0.2) is 11.5 Å². The van der Waals surface area contributed by atoms with Gasteiger partial charge in [0.05, 0.1) is 25.5 Å². The van der Waals surface area contributed by atoms with Crippen LogP contribution in [0.1, 0.15) is 15.9 Å². The van der Waals surface area contributed by atoms with Crippen molar-refractivity contribution in [3.8, 4) is 22.8 Å². The summed E-state index contributed by atoms with van der Waals surface area (Å²) < 4.78 is 12.5. The Labute approximate surface area is 168 Å². The molecule has 4 aromatic rings. The molecular weight excluding hydrogens is 368 g/mol. The highest BCUT2D eigenvalue weighted by Gasteiger charge is 2.17. The second-order valence-corrected chi connectivity index (χ2v) is 6.48. The molecule has 2 heterocycles. The number of nitrogens with zero attached hydrogens (tertiary/aromatic N) is 3. The van der Waals surface area contributed by atoms with Gasteiger partial charge >= 0.3 is 0 Å². The number of benzene rings is 2. The van der Waals surface area contributed by atoms with Gasteiger partial charge in [0, 0.05) is 29.8 Å². The fourth-order valence-electron chi connectivity index (χ4n) is 3.14. The Kier molecular flexibility index (Phi) is 4.87. The first-order valence-corrected chi connectivity index (χ1v) is 9.04. The number of hydrogen-bond donors (Lipinski definition) is 1. The maximum Gasteiger partial charge on any atom is 0.259 e. The second kappa shape index (κ2) is 7.63. The largest absolute Gasteiger partial charge is 0.493 e. The van der Waals surface area contributed by atoms with Crippen molar-refractivity contribution in [2.75, 3.05) is 19.5 Å². The molecule has 7 nitrogen and oxygen atoms in total. The van der Waals surface area contributed by atoms with Crippen molar-refractivity contribution >= 4 is 17.4 Å². The number of para-hydroxylation sites is 1. The second-order valence-electron chi connectivity index (χ2n) is 6.48. The molecule has 0 unspecified atom stereocenters. The summed E-state index contributed by atoms with van der Waals surface area (Å²) in [5, 5.41) is 2.97. The topological polar surface area (TPSA) is 77.8 Å². The van der Waals surface area contributed by atoms with Crippen LogP contribution in [0.5, 0.6) is 11.5 Å². The number of rotatable bonds is 5. The van der Waals surface area contributed by atoms with E-state index >= 15 is 0 Å². The molecule has 2 aromatic heterocycles. The van der Waals surface area contributed by atoms with Crippen LogP contribution in [-0.4, -0.2) is 34.5 Å². The highest BCUT2D eigenvalue weighted by molar-refractivity contribution is 6.07. The third kappa shape index (κ3) is 3.50. The molecule has 0 aliphatic heterocycles. The number of carbonyl (C=O) groups excluding carboxylic acids is 1. The van der Waals surface area contributed by atoms with E-state index < -0.39 is 0 Å². The maximum absolute atomic E-state index is 12.9. The average Bonchev–Trinajstić information content (AvgIpc) is 3.18. The fraction of sp³-hybridized carbons (Fsp3) is 0.136. The number of aryl methyl sites for hydroxylation is 1. The van der Waals surface area contributed by atoms with E-state index in [0.29, 0.717) is 28.5 Å². The fourth-order valence-corrected chi connectivity index (χ4v) is 3.14. The number of fused-ring (bicyclic) bond motifs is 1. The van der Waals surface area contributed by atoms with Gasteiger partial charge in [0.25, 0.3) is 5.91 Å². The lowest BCUT2D eigenvalue weighted by Gasteiger charge is -2.14. The zero-order valence-corrected chi connectivity index (χ0v) is 16.3. The number of carbonyl (C=O) groups is 1. The number of anilines is 1. The van der Waals surface area contributed by atoms with Gasteiger partial charge < -0.3 is 14.8 Å². The Balaban J connectivity index is 1.67. The molecule has 7 heteroatoms. The van der Waals surface area contributed by atoms with Gasteiger partial charge in [-0.25, -0.2) is 9.97 Å². The smallest absolute Gasteiger partial charge is 0.259 e. The van der Waals surface area contributed by atoms with Crippen LogP contribution in [0.4, 0.5) is 5.69 Å². The van der Waals surface area contributed by atoms with Gasteiger partial charge in [0.2, 0.25) is 5.78 Å². The quantitative estimate of drug-likeness (QED) is 0.560. The molecule has 0 saturated heterocycles. The lowest BCUT2D eigenvalue weighted by molar-refractivity contribution is 0.102. The Morgan fingerprint density at radius 2 is 1.97 bits per heavy atom. The number of nitrogens with one attached hydrogen (secondary N) is 1. The summed E-state index contributed by atoms with van der Waals surface area (Å²) in [4.78, 5) is 21.7. The van der Waals surface area contributed by atoms with Gasteiger partial charge in [-0.1, -0.05) is 18.2 Å². The SMILES string of the molecule is COc1cccc(C(=O)Nc2cc(-c3cn4cccnc4n3)ccc2C)c1OC. The van der Waals surface area contributed by atoms with Crippen molar-refractivity contribution in [3.63, 3.8) is 0 Å². The van der Waals surface area contributed by atoms with E-state index in [2.05, 4.69) is 15.3 Å². The van der Waals surface area contributed by atoms with Crippen molar-refractivity contribution in [1.82, 2.24) is 14.4 Å². The predicted molar refractivity (Wildman–Crippen MR) is 111 cm³/mol. The van der Waals surface area contributed by atoms with Crippen molar-refractivity contribution < 1.29 is 14.3 Å². The monoisotopic (exact) mass is 388 g/mol. The van der Waals surface area contributed by atoms with Crippen LogP contribution in [0.3, 0.4) is 0 Å². The van der Waals surface area contributed by atoms with Crippen LogP contribution in [-0.2, 0) is 0 Å². The summed E-state index contributed by atoms with van der Waals surface area (Å²) in [5.74, 6) is 1.24. The third-order valence-electron chi connectivity index (χ3n) is 4.66. The van der Waals surface area contributed by atoms with Gasteiger partial charge in [-0.2, -0.15) is 0 Å². The number of hydrogen-bond acceptors (Lipinski definition) is 5. The Morgan fingerprint density at radius 1 is 1.10 bits per heavy atom. The Hall–Kier alpha value is -3.87. The van der Waals surface area contributed by atoms with Crippen molar-refractivity contribution in [2.24, 2.45) is 0 Å². The summed E-state index contributed by atoms with van der Waals surface area (Å²) in [6.07, 6.45) is 5.50. The molecule has 4 rings (SSSR count). The lowest BCUT2D eigenvalue weighted by atomic mass is 10.1. The minimum absolute atomic E-state index is 0.280. The first-order chi connectivity index (χ1) is 14.1. The molecular formula is C22H20N4O3. The first-order valence-electron chi connectivity index (χ1n) is 9.04. The maximum atomic E-state index is 12.9. The van der Waals surface area contributed by atoms with E-state index in [0.717, 1.165) is 16.8 Å². The van der Waals surface area contributed by atoms with Crippen molar-refractivity contribution in [2.45, 2.75) is 6.92 Å². The molecule has 1 N–H and O–H groups in total. The summed E-state index contributed by atoms with van der Waals surface area (Å²) >= 11 is 0. The number of methoxy groups -OCH3 is 2.